The van der Waals surface area contributed by atoms with Gasteiger partial charge in [0.05, 0.1) is 23.1 Å². The number of carbonyl (C=O) groups is 3. The van der Waals surface area contributed by atoms with E-state index in [1.54, 1.807) is 48.5 Å². The molecule has 0 radical (unpaired) electrons. The molecule has 1 aliphatic rings. The molecule has 6 nitrogen and oxygen atoms in total. The number of fused-ring (bicyclic) bond motifs is 1. The maximum absolute atomic E-state index is 13.5. The number of aliphatic hydroxyl groups excluding tert-OH is 1. The van der Waals surface area contributed by atoms with Crippen LogP contribution in [0, 0.1) is 17.6 Å². The van der Waals surface area contributed by atoms with E-state index in [1.165, 1.54) is 12.1 Å². The standard InChI is InChI=1S/C27H23F2NO5/c28-19-13-18(14-20(29)15-19)17-8-5-16(6-9-17)7-10-24(31)23(27(34)35)11-12-30-25(32)21-3-1-2-4-22(21)26(30)33/h1-6,8-9,13-15,23-24,31H,7,10-12H2,(H,34,35)/t23-,24+/m0/s1. The van der Waals surface area contributed by atoms with Gasteiger partial charge in [-0.2, -0.15) is 0 Å². The zero-order chi connectivity index (χ0) is 25.1. The third-order valence-electron chi connectivity index (χ3n) is 6.20. The normalized spacial score (nSPS) is 14.7. The first-order valence-corrected chi connectivity index (χ1v) is 11.2. The lowest BCUT2D eigenvalue weighted by Gasteiger charge is -2.22. The van der Waals surface area contributed by atoms with Crippen LogP contribution in [0.1, 0.15) is 39.1 Å². The summed E-state index contributed by atoms with van der Waals surface area (Å²) in [6, 6.07) is 16.6. The van der Waals surface area contributed by atoms with Crippen molar-refractivity contribution in [2.45, 2.75) is 25.4 Å². The number of imide groups is 1. The van der Waals surface area contributed by atoms with Gasteiger partial charge in [0, 0.05) is 12.6 Å². The summed E-state index contributed by atoms with van der Waals surface area (Å²) < 4.78 is 26.9. The number of aliphatic hydroxyl groups is 1. The van der Waals surface area contributed by atoms with Gasteiger partial charge in [-0.25, -0.2) is 8.78 Å². The van der Waals surface area contributed by atoms with Gasteiger partial charge < -0.3 is 10.2 Å². The Bertz CT molecular complexity index is 1220. The van der Waals surface area contributed by atoms with Gasteiger partial charge in [-0.1, -0.05) is 36.4 Å². The molecule has 0 unspecified atom stereocenters. The van der Waals surface area contributed by atoms with E-state index >= 15 is 0 Å². The predicted molar refractivity (Wildman–Crippen MR) is 124 cm³/mol. The molecule has 0 fully saturated rings. The summed E-state index contributed by atoms with van der Waals surface area (Å²) in [5.41, 5.74) is 2.41. The van der Waals surface area contributed by atoms with E-state index in [0.717, 1.165) is 16.5 Å². The fraction of sp³-hybridized carbons (Fsp3) is 0.222. The average molecular weight is 479 g/mol. The van der Waals surface area contributed by atoms with Crippen LogP contribution in [0.15, 0.2) is 66.7 Å². The van der Waals surface area contributed by atoms with E-state index in [2.05, 4.69) is 0 Å². The van der Waals surface area contributed by atoms with E-state index in [-0.39, 0.29) is 30.5 Å². The molecular formula is C27H23F2NO5. The molecule has 1 aliphatic heterocycles. The third kappa shape index (κ3) is 5.27. The monoisotopic (exact) mass is 479 g/mol. The van der Waals surface area contributed by atoms with Crippen LogP contribution in [0.3, 0.4) is 0 Å². The Morgan fingerprint density at radius 2 is 1.40 bits per heavy atom. The van der Waals surface area contributed by atoms with Crippen LogP contribution >= 0.6 is 0 Å². The first kappa shape index (κ1) is 24.2. The van der Waals surface area contributed by atoms with Gasteiger partial charge in [0.25, 0.3) is 11.8 Å². The number of hydrogen-bond donors (Lipinski definition) is 2. The van der Waals surface area contributed by atoms with Crippen molar-refractivity contribution in [3.05, 3.63) is 95.1 Å². The first-order valence-electron chi connectivity index (χ1n) is 11.2. The van der Waals surface area contributed by atoms with Gasteiger partial charge >= 0.3 is 5.97 Å². The quantitative estimate of drug-likeness (QED) is 0.446. The molecule has 3 aromatic rings. The smallest absolute Gasteiger partial charge is 0.309 e. The minimum absolute atomic E-state index is 0.0773. The Morgan fingerprint density at radius 3 is 1.94 bits per heavy atom. The van der Waals surface area contributed by atoms with Crippen molar-refractivity contribution in [3.63, 3.8) is 0 Å². The van der Waals surface area contributed by atoms with Gasteiger partial charge in [0.15, 0.2) is 0 Å². The van der Waals surface area contributed by atoms with Crippen LogP contribution in [0.5, 0.6) is 0 Å². The molecule has 1 heterocycles. The maximum atomic E-state index is 13.5. The molecule has 180 valence electrons. The lowest BCUT2D eigenvalue weighted by Crippen LogP contribution is -2.36. The minimum atomic E-state index is -1.21. The average Bonchev–Trinajstić information content (AvgIpc) is 3.07. The van der Waals surface area contributed by atoms with Crippen LogP contribution in [0.2, 0.25) is 0 Å². The Hall–Kier alpha value is -3.91. The summed E-state index contributed by atoms with van der Waals surface area (Å²) in [5, 5.41) is 20.2. The molecule has 0 aromatic heterocycles. The number of rotatable bonds is 9. The molecule has 8 heteroatoms. The number of aliphatic carboxylic acids is 1. The summed E-state index contributed by atoms with van der Waals surface area (Å²) in [5.74, 6) is -4.65. The zero-order valence-corrected chi connectivity index (χ0v) is 18.7. The molecule has 35 heavy (non-hydrogen) atoms. The van der Waals surface area contributed by atoms with Gasteiger partial charge in [-0.15, -0.1) is 0 Å². The van der Waals surface area contributed by atoms with Gasteiger partial charge in [0.2, 0.25) is 0 Å². The summed E-state index contributed by atoms with van der Waals surface area (Å²) in [6.45, 7) is -0.112. The molecule has 2 amide bonds. The Labute approximate surface area is 200 Å². The van der Waals surface area contributed by atoms with Crippen LogP contribution < -0.4 is 0 Å². The molecule has 4 rings (SSSR count). The number of carboxylic acids is 1. The molecule has 2 atom stereocenters. The molecular weight excluding hydrogens is 456 g/mol. The van der Waals surface area contributed by atoms with Crippen LogP contribution in [-0.4, -0.2) is 45.5 Å². The highest BCUT2D eigenvalue weighted by Gasteiger charge is 2.36. The summed E-state index contributed by atoms with van der Waals surface area (Å²) in [4.78, 5) is 37.8. The number of aryl methyl sites for hydroxylation is 1. The summed E-state index contributed by atoms with van der Waals surface area (Å²) in [6.07, 6.45) is -0.755. The predicted octanol–water partition coefficient (Wildman–Crippen LogP) is 4.31. The summed E-state index contributed by atoms with van der Waals surface area (Å²) >= 11 is 0. The third-order valence-corrected chi connectivity index (χ3v) is 6.20. The highest BCUT2D eigenvalue weighted by Crippen LogP contribution is 2.26. The highest BCUT2D eigenvalue weighted by atomic mass is 19.1. The second kappa shape index (κ2) is 10.1. The molecule has 0 bridgehead atoms. The Kier molecular flexibility index (Phi) is 7.02. The molecule has 2 N–H and O–H groups in total. The van der Waals surface area contributed by atoms with E-state index in [0.29, 0.717) is 17.5 Å². The number of halogens is 2. The SMILES string of the molecule is O=C(O)[C@@H](CCN1C(=O)c2ccccc2C1=O)[C@H](O)CCc1ccc(-c2cc(F)cc(F)c2)cc1. The van der Waals surface area contributed by atoms with Crippen LogP contribution in [0.4, 0.5) is 8.78 Å². The largest absolute Gasteiger partial charge is 0.481 e. The van der Waals surface area contributed by atoms with E-state index < -0.39 is 41.4 Å². The second-order valence-electron chi connectivity index (χ2n) is 8.50. The van der Waals surface area contributed by atoms with Crippen LogP contribution in [0.25, 0.3) is 11.1 Å². The number of benzene rings is 3. The summed E-state index contributed by atoms with van der Waals surface area (Å²) in [7, 11) is 0. The van der Waals surface area contributed by atoms with Gasteiger partial charge in [-0.3, -0.25) is 19.3 Å². The Balaban J connectivity index is 1.35. The first-order chi connectivity index (χ1) is 16.7. The number of nitrogens with zero attached hydrogens (tertiary/aromatic N) is 1. The van der Waals surface area contributed by atoms with Crippen molar-refractivity contribution in [2.75, 3.05) is 6.54 Å². The number of carbonyl (C=O) groups excluding carboxylic acids is 2. The van der Waals surface area contributed by atoms with Crippen molar-refractivity contribution in [1.82, 2.24) is 4.90 Å². The van der Waals surface area contributed by atoms with Crippen molar-refractivity contribution in [3.8, 4) is 11.1 Å². The molecule has 0 saturated heterocycles. The molecule has 0 aliphatic carbocycles. The topological polar surface area (TPSA) is 94.9 Å². The molecule has 3 aromatic carbocycles. The highest BCUT2D eigenvalue weighted by molar-refractivity contribution is 6.21. The van der Waals surface area contributed by atoms with Crippen molar-refractivity contribution < 1.29 is 33.4 Å². The maximum Gasteiger partial charge on any atom is 0.309 e. The fourth-order valence-electron chi connectivity index (χ4n) is 4.29. The van der Waals surface area contributed by atoms with E-state index in [1.807, 2.05) is 0 Å². The molecule has 0 spiro atoms. The van der Waals surface area contributed by atoms with Crippen molar-refractivity contribution in [1.29, 1.82) is 0 Å². The van der Waals surface area contributed by atoms with E-state index in [9.17, 15) is 33.4 Å². The second-order valence-corrected chi connectivity index (χ2v) is 8.50. The zero-order valence-electron chi connectivity index (χ0n) is 18.7. The lowest BCUT2D eigenvalue weighted by molar-refractivity contribution is -0.146. The van der Waals surface area contributed by atoms with Gasteiger partial charge in [0.1, 0.15) is 11.6 Å². The molecule has 0 saturated carbocycles. The number of carboxylic acid groups (broad SMARTS) is 1. The number of hydrogen-bond acceptors (Lipinski definition) is 4. The Morgan fingerprint density at radius 1 is 0.829 bits per heavy atom. The van der Waals surface area contributed by atoms with Crippen LogP contribution in [-0.2, 0) is 11.2 Å². The number of amides is 2. The van der Waals surface area contributed by atoms with Gasteiger partial charge in [-0.05, 0) is 60.2 Å². The lowest BCUT2D eigenvalue weighted by atomic mass is 9.93. The van der Waals surface area contributed by atoms with Crippen molar-refractivity contribution in [2.24, 2.45) is 5.92 Å². The van der Waals surface area contributed by atoms with E-state index in [4.69, 9.17) is 0 Å². The minimum Gasteiger partial charge on any atom is -0.481 e. The fourth-order valence-corrected chi connectivity index (χ4v) is 4.29. The van der Waals surface area contributed by atoms with Crippen molar-refractivity contribution >= 4 is 17.8 Å².